The van der Waals surface area contributed by atoms with E-state index < -0.39 is 5.82 Å². The van der Waals surface area contributed by atoms with Gasteiger partial charge in [-0.15, -0.1) is 0 Å². The zero-order valence-corrected chi connectivity index (χ0v) is 13.0. The van der Waals surface area contributed by atoms with E-state index in [-0.39, 0.29) is 5.91 Å². The lowest BCUT2D eigenvalue weighted by molar-refractivity contribution is -0.110. The zero-order chi connectivity index (χ0) is 14.3. The zero-order valence-electron chi connectivity index (χ0n) is 10.1. The third-order valence-electron chi connectivity index (χ3n) is 2.96. The first-order valence-corrected chi connectivity index (χ1v) is 7.28. The van der Waals surface area contributed by atoms with E-state index in [4.69, 9.17) is 11.6 Å². The number of halogens is 3. The quantitative estimate of drug-likeness (QED) is 0.552. The van der Waals surface area contributed by atoms with Gasteiger partial charge in [0.2, 0.25) is 0 Å². The molecule has 5 heteroatoms. The minimum Gasteiger partial charge on any atom is -0.321 e. The van der Waals surface area contributed by atoms with E-state index in [1.807, 2.05) is 18.2 Å². The average molecular weight is 400 g/mol. The van der Waals surface area contributed by atoms with E-state index in [1.165, 1.54) is 12.1 Å². The van der Waals surface area contributed by atoms with Crippen LogP contribution in [-0.2, 0) is 4.79 Å². The Morgan fingerprint density at radius 1 is 1.20 bits per heavy atom. The minimum atomic E-state index is -0.425. The highest BCUT2D eigenvalue weighted by atomic mass is 127. The van der Waals surface area contributed by atoms with Crippen molar-refractivity contribution in [3.8, 4) is 0 Å². The Balaban J connectivity index is 2.11. The lowest BCUT2D eigenvalue weighted by Gasteiger charge is -2.00. The number of nitrogens with one attached hydrogen (secondary N) is 1. The van der Waals surface area contributed by atoms with Crippen molar-refractivity contribution < 1.29 is 9.18 Å². The van der Waals surface area contributed by atoms with Gasteiger partial charge in [0, 0.05) is 19.7 Å². The smallest absolute Gasteiger partial charge is 0.256 e. The highest BCUT2D eigenvalue weighted by molar-refractivity contribution is 14.1. The van der Waals surface area contributed by atoms with E-state index in [1.54, 1.807) is 12.1 Å². The first-order chi connectivity index (χ1) is 9.52. The highest BCUT2D eigenvalue weighted by Gasteiger charge is 2.24. The van der Waals surface area contributed by atoms with Gasteiger partial charge in [0.1, 0.15) is 5.82 Å². The molecule has 0 radical (unpaired) electrons. The second kappa shape index (κ2) is 5.18. The highest BCUT2D eigenvalue weighted by Crippen LogP contribution is 2.34. The molecule has 2 aromatic carbocycles. The fraction of sp³-hybridized carbons (Fsp3) is 0. The lowest BCUT2D eigenvalue weighted by Crippen LogP contribution is -2.03. The van der Waals surface area contributed by atoms with Gasteiger partial charge in [-0.1, -0.05) is 17.7 Å². The van der Waals surface area contributed by atoms with E-state index >= 15 is 0 Å². The number of fused-ring (bicyclic) bond motifs is 1. The SMILES string of the molecule is O=C1Nc2cc(I)ccc2C1=Cc1cc(F)cc(Cl)c1. The van der Waals surface area contributed by atoms with Gasteiger partial charge in [-0.25, -0.2) is 4.39 Å². The summed E-state index contributed by atoms with van der Waals surface area (Å²) in [6.45, 7) is 0. The lowest BCUT2D eigenvalue weighted by atomic mass is 10.0. The van der Waals surface area contributed by atoms with Gasteiger partial charge in [0.15, 0.2) is 0 Å². The van der Waals surface area contributed by atoms with Gasteiger partial charge in [-0.05, 0) is 64.6 Å². The maximum Gasteiger partial charge on any atom is 0.256 e. The van der Waals surface area contributed by atoms with E-state index in [2.05, 4.69) is 27.9 Å². The van der Waals surface area contributed by atoms with Crippen LogP contribution in [0.15, 0.2) is 36.4 Å². The van der Waals surface area contributed by atoms with Crippen LogP contribution in [0.3, 0.4) is 0 Å². The Morgan fingerprint density at radius 3 is 2.75 bits per heavy atom. The Hall–Kier alpha value is -1.40. The molecular formula is C15H8ClFINO. The molecule has 0 aliphatic carbocycles. The van der Waals surface area contributed by atoms with Crippen LogP contribution in [0.4, 0.5) is 10.1 Å². The molecule has 1 amide bonds. The van der Waals surface area contributed by atoms with Crippen molar-refractivity contribution in [3.05, 3.63) is 61.9 Å². The molecule has 3 rings (SSSR count). The van der Waals surface area contributed by atoms with Crippen molar-refractivity contribution in [1.82, 2.24) is 0 Å². The normalized spacial score (nSPS) is 15.3. The fourth-order valence-electron chi connectivity index (χ4n) is 2.14. The van der Waals surface area contributed by atoms with Crippen LogP contribution >= 0.6 is 34.2 Å². The molecule has 0 unspecified atom stereocenters. The van der Waals surface area contributed by atoms with Gasteiger partial charge in [-0.2, -0.15) is 0 Å². The molecule has 0 spiro atoms. The second-order valence-corrected chi connectivity index (χ2v) is 6.09. The number of hydrogen-bond donors (Lipinski definition) is 1. The Bertz CT molecular complexity index is 737. The largest absolute Gasteiger partial charge is 0.321 e. The number of hydrogen-bond acceptors (Lipinski definition) is 1. The van der Waals surface area contributed by atoms with Gasteiger partial charge >= 0.3 is 0 Å². The summed E-state index contributed by atoms with van der Waals surface area (Å²) in [5.41, 5.74) is 2.66. The van der Waals surface area contributed by atoms with E-state index in [9.17, 15) is 9.18 Å². The molecule has 1 N–H and O–H groups in total. The van der Waals surface area contributed by atoms with Crippen LogP contribution < -0.4 is 5.32 Å². The summed E-state index contributed by atoms with van der Waals surface area (Å²) in [6.07, 6.45) is 1.64. The maximum atomic E-state index is 13.3. The molecule has 0 fully saturated rings. The summed E-state index contributed by atoms with van der Waals surface area (Å²) in [4.78, 5) is 12.0. The predicted octanol–water partition coefficient (Wildman–Crippen LogP) is 4.58. The van der Waals surface area contributed by atoms with Gasteiger partial charge in [0.05, 0.1) is 5.69 Å². The number of amides is 1. The number of anilines is 1. The van der Waals surface area contributed by atoms with Crippen molar-refractivity contribution in [1.29, 1.82) is 0 Å². The third-order valence-corrected chi connectivity index (χ3v) is 3.85. The van der Waals surface area contributed by atoms with Crippen LogP contribution in [0.25, 0.3) is 11.6 Å². The summed E-state index contributed by atoms with van der Waals surface area (Å²) >= 11 is 8.00. The molecule has 0 saturated heterocycles. The number of rotatable bonds is 1. The minimum absolute atomic E-state index is 0.192. The van der Waals surface area contributed by atoms with Crippen molar-refractivity contribution in [2.45, 2.75) is 0 Å². The molecule has 1 aliphatic heterocycles. The van der Waals surface area contributed by atoms with E-state index in [0.717, 1.165) is 14.8 Å². The average Bonchev–Trinajstić information content (AvgIpc) is 2.64. The van der Waals surface area contributed by atoms with Gasteiger partial charge in [0.25, 0.3) is 5.91 Å². The van der Waals surface area contributed by atoms with Gasteiger partial charge in [-0.3, -0.25) is 4.79 Å². The number of carbonyl (C=O) groups excluding carboxylic acids is 1. The van der Waals surface area contributed by atoms with E-state index in [0.29, 0.717) is 16.2 Å². The van der Waals surface area contributed by atoms with Crippen molar-refractivity contribution in [2.75, 3.05) is 5.32 Å². The van der Waals surface area contributed by atoms with Crippen LogP contribution in [0, 0.1) is 9.39 Å². The van der Waals surface area contributed by atoms with Crippen LogP contribution in [-0.4, -0.2) is 5.91 Å². The topological polar surface area (TPSA) is 29.1 Å². The molecule has 1 heterocycles. The summed E-state index contributed by atoms with van der Waals surface area (Å²) in [7, 11) is 0. The molecule has 0 saturated carbocycles. The molecule has 0 bridgehead atoms. The third kappa shape index (κ3) is 2.58. The molecule has 0 atom stereocenters. The Kier molecular flexibility index (Phi) is 3.52. The molecule has 2 aromatic rings. The van der Waals surface area contributed by atoms with Crippen LogP contribution in [0.5, 0.6) is 0 Å². The monoisotopic (exact) mass is 399 g/mol. The first kappa shape index (κ1) is 13.6. The molecule has 2 nitrogen and oxygen atoms in total. The summed E-state index contributed by atoms with van der Waals surface area (Å²) in [5, 5.41) is 3.10. The van der Waals surface area contributed by atoms with Crippen molar-refractivity contribution >= 4 is 57.4 Å². The molecule has 20 heavy (non-hydrogen) atoms. The van der Waals surface area contributed by atoms with Crippen molar-refractivity contribution in [2.24, 2.45) is 0 Å². The fourth-order valence-corrected chi connectivity index (χ4v) is 2.86. The summed E-state index contributed by atoms with van der Waals surface area (Å²) in [5.74, 6) is -0.618. The summed E-state index contributed by atoms with van der Waals surface area (Å²) < 4.78 is 14.4. The Morgan fingerprint density at radius 2 is 2.00 bits per heavy atom. The molecule has 100 valence electrons. The summed E-state index contributed by atoms with van der Waals surface area (Å²) in [6, 6.07) is 9.89. The molecule has 0 aromatic heterocycles. The van der Waals surface area contributed by atoms with Crippen molar-refractivity contribution in [3.63, 3.8) is 0 Å². The standard InChI is InChI=1S/C15H8ClFINO/c16-9-3-8(4-10(17)6-9)5-13-12-2-1-11(18)7-14(12)19-15(13)20/h1-7H,(H,19,20). The van der Waals surface area contributed by atoms with Crippen LogP contribution in [0.2, 0.25) is 5.02 Å². The number of carbonyl (C=O) groups is 1. The molecule has 1 aliphatic rings. The maximum absolute atomic E-state index is 13.3. The first-order valence-electron chi connectivity index (χ1n) is 5.82. The predicted molar refractivity (Wildman–Crippen MR) is 87.1 cm³/mol. The molecular weight excluding hydrogens is 392 g/mol. The van der Waals surface area contributed by atoms with Crippen LogP contribution in [0.1, 0.15) is 11.1 Å². The Labute approximate surface area is 133 Å². The van der Waals surface area contributed by atoms with Gasteiger partial charge < -0.3 is 5.32 Å². The number of benzene rings is 2. The second-order valence-electron chi connectivity index (χ2n) is 4.40.